The molecule has 1 heterocycles. The Balaban J connectivity index is 1.59. The average Bonchev–Trinajstić information content (AvgIpc) is 2.73. The van der Waals surface area contributed by atoms with Crippen LogP contribution >= 0.6 is 0 Å². The first kappa shape index (κ1) is 18.2. The van der Waals surface area contributed by atoms with Crippen LogP contribution in [0, 0.1) is 6.92 Å². The first-order valence-electron chi connectivity index (χ1n) is 8.86. The van der Waals surface area contributed by atoms with Crippen LogP contribution in [0.2, 0.25) is 0 Å². The van der Waals surface area contributed by atoms with Crippen LogP contribution in [0.15, 0.2) is 88.8 Å². The minimum atomic E-state index is -3.72. The van der Waals surface area contributed by atoms with Gasteiger partial charge in [-0.15, -0.1) is 4.83 Å². The number of anilines is 1. The second-order valence-corrected chi connectivity index (χ2v) is 8.23. The number of aliphatic imine (C=N–C) groups is 1. The zero-order valence-electron chi connectivity index (χ0n) is 15.3. The molecule has 1 aliphatic rings. The van der Waals surface area contributed by atoms with Crippen LogP contribution in [0.3, 0.4) is 0 Å². The lowest BCUT2D eigenvalue weighted by Gasteiger charge is -2.26. The SMILES string of the molecule is Cc1ccc(S(=O)(=O)NNC2=N[C@@H](c3ccccc3)c3ccccc3N2)cc1. The van der Waals surface area contributed by atoms with Crippen LogP contribution in [-0.4, -0.2) is 14.4 Å². The van der Waals surface area contributed by atoms with E-state index < -0.39 is 10.0 Å². The molecule has 1 aliphatic heterocycles. The normalized spacial score (nSPS) is 15.9. The fourth-order valence-electron chi connectivity index (χ4n) is 3.05. The van der Waals surface area contributed by atoms with Gasteiger partial charge in [-0.1, -0.05) is 66.2 Å². The highest BCUT2D eigenvalue weighted by Gasteiger charge is 2.23. The third-order valence-electron chi connectivity index (χ3n) is 4.52. The first-order chi connectivity index (χ1) is 13.5. The predicted molar refractivity (Wildman–Crippen MR) is 110 cm³/mol. The highest BCUT2D eigenvalue weighted by atomic mass is 32.2. The summed E-state index contributed by atoms with van der Waals surface area (Å²) in [5, 5.41) is 3.14. The van der Waals surface area contributed by atoms with Crippen molar-refractivity contribution in [3.63, 3.8) is 0 Å². The largest absolute Gasteiger partial charge is 0.325 e. The second kappa shape index (κ2) is 7.46. The van der Waals surface area contributed by atoms with Crippen molar-refractivity contribution in [2.24, 2.45) is 4.99 Å². The van der Waals surface area contributed by atoms with Crippen LogP contribution in [0.25, 0.3) is 0 Å². The Hall–Kier alpha value is -3.16. The molecule has 0 saturated heterocycles. The van der Waals surface area contributed by atoms with Crippen molar-refractivity contribution in [3.8, 4) is 0 Å². The molecule has 3 aromatic carbocycles. The van der Waals surface area contributed by atoms with E-state index in [4.69, 9.17) is 0 Å². The Labute approximate surface area is 164 Å². The van der Waals surface area contributed by atoms with Crippen LogP contribution < -0.4 is 15.6 Å². The summed E-state index contributed by atoms with van der Waals surface area (Å²) in [6.07, 6.45) is 0. The Bertz CT molecular complexity index is 1110. The highest BCUT2D eigenvalue weighted by molar-refractivity contribution is 7.89. The van der Waals surface area contributed by atoms with E-state index in [1.807, 2.05) is 61.5 Å². The van der Waals surface area contributed by atoms with Crippen molar-refractivity contribution in [3.05, 3.63) is 95.6 Å². The van der Waals surface area contributed by atoms with E-state index in [9.17, 15) is 8.42 Å². The number of para-hydroxylation sites is 1. The molecule has 142 valence electrons. The molecule has 28 heavy (non-hydrogen) atoms. The molecule has 7 heteroatoms. The number of nitrogens with one attached hydrogen (secondary N) is 3. The minimum absolute atomic E-state index is 0.182. The zero-order chi connectivity index (χ0) is 19.6. The van der Waals surface area contributed by atoms with Gasteiger partial charge in [-0.25, -0.2) is 13.4 Å². The molecule has 4 rings (SSSR count). The molecule has 3 N–H and O–H groups in total. The number of guanidine groups is 1. The third kappa shape index (κ3) is 3.76. The van der Waals surface area contributed by atoms with Crippen LogP contribution in [0.1, 0.15) is 22.7 Å². The number of hydrazine groups is 1. The van der Waals surface area contributed by atoms with Crippen molar-refractivity contribution in [1.82, 2.24) is 10.3 Å². The first-order valence-corrected chi connectivity index (χ1v) is 10.3. The van der Waals surface area contributed by atoms with Crippen LogP contribution in [-0.2, 0) is 10.0 Å². The minimum Gasteiger partial charge on any atom is -0.325 e. The van der Waals surface area contributed by atoms with Gasteiger partial charge in [0.2, 0.25) is 5.96 Å². The number of sulfonamides is 1. The lowest BCUT2D eigenvalue weighted by molar-refractivity contribution is 0.576. The van der Waals surface area contributed by atoms with Crippen molar-refractivity contribution in [2.75, 3.05) is 5.32 Å². The topological polar surface area (TPSA) is 82.6 Å². The number of rotatable bonds is 4. The average molecular weight is 392 g/mol. The molecule has 1 atom stereocenters. The van der Waals surface area contributed by atoms with E-state index in [-0.39, 0.29) is 10.9 Å². The van der Waals surface area contributed by atoms with Crippen LogP contribution in [0.5, 0.6) is 0 Å². The Morgan fingerprint density at radius 2 is 1.57 bits per heavy atom. The summed E-state index contributed by atoms with van der Waals surface area (Å²) in [7, 11) is -3.72. The van der Waals surface area contributed by atoms with Crippen molar-refractivity contribution >= 4 is 21.7 Å². The van der Waals surface area contributed by atoms with E-state index in [2.05, 4.69) is 20.6 Å². The molecule has 0 unspecified atom stereocenters. The van der Waals surface area contributed by atoms with Gasteiger partial charge >= 0.3 is 0 Å². The van der Waals surface area contributed by atoms with Gasteiger partial charge in [0, 0.05) is 11.3 Å². The van der Waals surface area contributed by atoms with Crippen molar-refractivity contribution in [1.29, 1.82) is 0 Å². The summed E-state index contributed by atoms with van der Waals surface area (Å²) in [4.78, 5) is 7.25. The molecule has 0 bridgehead atoms. The van der Waals surface area contributed by atoms with E-state index in [0.29, 0.717) is 5.96 Å². The van der Waals surface area contributed by atoms with E-state index >= 15 is 0 Å². The maximum atomic E-state index is 12.5. The van der Waals surface area contributed by atoms with E-state index in [1.54, 1.807) is 24.3 Å². The smallest absolute Gasteiger partial charge is 0.257 e. The van der Waals surface area contributed by atoms with Crippen molar-refractivity contribution in [2.45, 2.75) is 17.9 Å². The molecular weight excluding hydrogens is 372 g/mol. The molecule has 0 amide bonds. The number of benzene rings is 3. The molecule has 6 nitrogen and oxygen atoms in total. The van der Waals surface area contributed by atoms with Crippen molar-refractivity contribution < 1.29 is 8.42 Å². The van der Waals surface area contributed by atoms with E-state index in [0.717, 1.165) is 22.4 Å². The fourth-order valence-corrected chi connectivity index (χ4v) is 3.90. The van der Waals surface area contributed by atoms with Gasteiger partial charge in [0.25, 0.3) is 10.0 Å². The summed E-state index contributed by atoms with van der Waals surface area (Å²) >= 11 is 0. The molecule has 0 radical (unpaired) electrons. The number of hydrogen-bond donors (Lipinski definition) is 3. The molecule has 0 spiro atoms. The monoisotopic (exact) mass is 392 g/mol. The van der Waals surface area contributed by atoms with Gasteiger partial charge in [0.05, 0.1) is 4.90 Å². The summed E-state index contributed by atoms with van der Waals surface area (Å²) < 4.78 is 25.1. The van der Waals surface area contributed by atoms with Gasteiger partial charge in [-0.2, -0.15) is 0 Å². The predicted octanol–water partition coefficient (Wildman–Crippen LogP) is 3.35. The summed E-state index contributed by atoms with van der Waals surface area (Å²) in [5.74, 6) is 0.336. The number of aryl methyl sites for hydroxylation is 1. The maximum absolute atomic E-state index is 12.5. The third-order valence-corrected chi connectivity index (χ3v) is 5.78. The fraction of sp³-hybridized carbons (Fsp3) is 0.0952. The van der Waals surface area contributed by atoms with Crippen LogP contribution in [0.4, 0.5) is 5.69 Å². The molecule has 3 aromatic rings. The molecule has 0 aromatic heterocycles. The molecule has 0 aliphatic carbocycles. The van der Waals surface area contributed by atoms with Gasteiger partial charge < -0.3 is 5.32 Å². The number of hydrogen-bond acceptors (Lipinski definition) is 5. The van der Waals surface area contributed by atoms with Gasteiger partial charge in [-0.3, -0.25) is 5.43 Å². The number of nitrogens with zero attached hydrogens (tertiary/aromatic N) is 1. The summed E-state index contributed by atoms with van der Waals surface area (Å²) in [6, 6.07) is 24.1. The highest BCUT2D eigenvalue weighted by Crippen LogP contribution is 2.34. The maximum Gasteiger partial charge on any atom is 0.257 e. The summed E-state index contributed by atoms with van der Waals surface area (Å²) in [6.45, 7) is 1.91. The lowest BCUT2D eigenvalue weighted by atomic mass is 9.97. The molecule has 0 fully saturated rings. The standard InChI is InChI=1S/C21H20N4O2S/c1-15-11-13-17(14-12-15)28(26,27)25-24-21-22-19-10-6-5-9-18(19)20(23-21)16-7-3-2-4-8-16/h2-14,20,25H,1H3,(H2,22,23,24)/t20-/m0/s1. The Morgan fingerprint density at radius 1 is 0.893 bits per heavy atom. The second-order valence-electron chi connectivity index (χ2n) is 6.55. The molecular formula is C21H20N4O2S. The van der Waals surface area contributed by atoms with Gasteiger partial charge in [0.15, 0.2) is 0 Å². The van der Waals surface area contributed by atoms with E-state index in [1.165, 1.54) is 0 Å². The Kier molecular flexibility index (Phi) is 4.85. The quantitative estimate of drug-likeness (QED) is 0.595. The molecule has 0 saturated carbocycles. The zero-order valence-corrected chi connectivity index (χ0v) is 16.1. The Morgan fingerprint density at radius 3 is 2.32 bits per heavy atom. The summed E-state index contributed by atoms with van der Waals surface area (Å²) in [5.41, 5.74) is 6.64. The van der Waals surface area contributed by atoms with Gasteiger partial charge in [-0.05, 0) is 30.7 Å². The van der Waals surface area contributed by atoms with Gasteiger partial charge in [0.1, 0.15) is 6.04 Å². The number of fused-ring (bicyclic) bond motifs is 1. The lowest BCUT2D eigenvalue weighted by Crippen LogP contribution is -2.46.